The SMILES string of the molecule is O=C(CCCc1c(Cl)cccc1Cl)c1ccccc1. The number of ketones is 1. The fourth-order valence-corrected chi connectivity index (χ4v) is 2.55. The number of Topliss-reactive ketones (excluding diaryl/α,β-unsaturated/α-hetero) is 1. The van der Waals surface area contributed by atoms with Crippen molar-refractivity contribution in [1.29, 1.82) is 0 Å². The van der Waals surface area contributed by atoms with Crippen molar-refractivity contribution in [2.24, 2.45) is 0 Å². The van der Waals surface area contributed by atoms with E-state index in [4.69, 9.17) is 23.2 Å². The molecular formula is C16H14Cl2O. The maximum Gasteiger partial charge on any atom is 0.162 e. The molecule has 3 heteroatoms. The van der Waals surface area contributed by atoms with Crippen LogP contribution in [0.25, 0.3) is 0 Å². The van der Waals surface area contributed by atoms with E-state index >= 15 is 0 Å². The number of carbonyl (C=O) groups is 1. The molecule has 0 saturated carbocycles. The Morgan fingerprint density at radius 2 is 1.53 bits per heavy atom. The minimum atomic E-state index is 0.156. The van der Waals surface area contributed by atoms with Gasteiger partial charge in [0.25, 0.3) is 0 Å². The summed E-state index contributed by atoms with van der Waals surface area (Å²) in [7, 11) is 0. The van der Waals surface area contributed by atoms with Crippen LogP contribution < -0.4 is 0 Å². The molecule has 0 amide bonds. The molecule has 0 saturated heterocycles. The molecule has 0 radical (unpaired) electrons. The van der Waals surface area contributed by atoms with E-state index in [2.05, 4.69) is 0 Å². The number of rotatable bonds is 5. The van der Waals surface area contributed by atoms with Gasteiger partial charge in [0.1, 0.15) is 0 Å². The molecule has 19 heavy (non-hydrogen) atoms. The second kappa shape index (κ2) is 6.74. The molecule has 0 atom stereocenters. The standard InChI is InChI=1S/C16H14Cl2O/c17-14-9-5-10-15(18)13(14)8-4-11-16(19)12-6-2-1-3-7-12/h1-3,5-7,9-10H,4,8,11H2. The molecule has 1 nitrogen and oxygen atoms in total. The number of benzene rings is 2. The second-order valence-corrected chi connectivity index (χ2v) is 5.16. The van der Waals surface area contributed by atoms with Gasteiger partial charge in [-0.3, -0.25) is 4.79 Å². The maximum atomic E-state index is 11.9. The topological polar surface area (TPSA) is 17.1 Å². The third-order valence-corrected chi connectivity index (χ3v) is 3.70. The Labute approximate surface area is 123 Å². The first-order valence-corrected chi connectivity index (χ1v) is 6.95. The lowest BCUT2D eigenvalue weighted by Gasteiger charge is -2.06. The molecule has 0 spiro atoms. The molecule has 0 unspecified atom stereocenters. The summed E-state index contributed by atoms with van der Waals surface area (Å²) in [6.45, 7) is 0. The fourth-order valence-electron chi connectivity index (χ4n) is 1.97. The van der Waals surface area contributed by atoms with Gasteiger partial charge in [-0.25, -0.2) is 0 Å². The molecule has 2 aromatic carbocycles. The number of hydrogen-bond donors (Lipinski definition) is 0. The number of hydrogen-bond acceptors (Lipinski definition) is 1. The van der Waals surface area contributed by atoms with E-state index in [1.807, 2.05) is 48.5 Å². The van der Waals surface area contributed by atoms with Crippen LogP contribution in [0, 0.1) is 0 Å². The van der Waals surface area contributed by atoms with E-state index in [0.29, 0.717) is 16.5 Å². The molecule has 0 aliphatic rings. The monoisotopic (exact) mass is 292 g/mol. The van der Waals surface area contributed by atoms with E-state index in [9.17, 15) is 4.79 Å². The highest BCUT2D eigenvalue weighted by atomic mass is 35.5. The van der Waals surface area contributed by atoms with Crippen LogP contribution in [-0.2, 0) is 6.42 Å². The van der Waals surface area contributed by atoms with Crippen LogP contribution in [0.3, 0.4) is 0 Å². The first-order valence-electron chi connectivity index (χ1n) is 6.19. The first kappa shape index (κ1) is 14.1. The van der Waals surface area contributed by atoms with E-state index < -0.39 is 0 Å². The van der Waals surface area contributed by atoms with Crippen LogP contribution >= 0.6 is 23.2 Å². The quantitative estimate of drug-likeness (QED) is 0.692. The van der Waals surface area contributed by atoms with Crippen LogP contribution in [0.5, 0.6) is 0 Å². The predicted octanol–water partition coefficient (Wildman–Crippen LogP) is 5.20. The van der Waals surface area contributed by atoms with Crippen LogP contribution in [0.2, 0.25) is 10.0 Å². The van der Waals surface area contributed by atoms with E-state index in [1.165, 1.54) is 0 Å². The van der Waals surface area contributed by atoms with Crippen molar-refractivity contribution in [3.8, 4) is 0 Å². The van der Waals surface area contributed by atoms with Gasteiger partial charge < -0.3 is 0 Å². The molecule has 0 fully saturated rings. The molecule has 0 N–H and O–H groups in total. The largest absolute Gasteiger partial charge is 0.294 e. The summed E-state index contributed by atoms with van der Waals surface area (Å²) < 4.78 is 0. The summed E-state index contributed by atoms with van der Waals surface area (Å²) in [6.07, 6.45) is 1.97. The highest BCUT2D eigenvalue weighted by Gasteiger charge is 2.08. The van der Waals surface area contributed by atoms with Gasteiger partial charge in [0.15, 0.2) is 5.78 Å². The highest BCUT2D eigenvalue weighted by molar-refractivity contribution is 6.35. The lowest BCUT2D eigenvalue weighted by molar-refractivity contribution is 0.0980. The van der Waals surface area contributed by atoms with Crippen LogP contribution in [0.15, 0.2) is 48.5 Å². The zero-order chi connectivity index (χ0) is 13.7. The van der Waals surface area contributed by atoms with Gasteiger partial charge in [0.05, 0.1) is 0 Å². The summed E-state index contributed by atoms with van der Waals surface area (Å²) in [5.74, 6) is 0.156. The summed E-state index contributed by atoms with van der Waals surface area (Å²) in [4.78, 5) is 11.9. The summed E-state index contributed by atoms with van der Waals surface area (Å²) in [6, 6.07) is 14.8. The Balaban J connectivity index is 1.92. The molecule has 0 aliphatic carbocycles. The van der Waals surface area contributed by atoms with Crippen molar-refractivity contribution in [2.75, 3.05) is 0 Å². The van der Waals surface area contributed by atoms with Crippen LogP contribution in [0.4, 0.5) is 0 Å². The first-order chi connectivity index (χ1) is 9.18. The summed E-state index contributed by atoms with van der Waals surface area (Å²) in [5, 5.41) is 1.33. The molecule has 0 heterocycles. The predicted molar refractivity (Wildman–Crippen MR) is 80.2 cm³/mol. The van der Waals surface area contributed by atoms with Gasteiger partial charge in [-0.2, -0.15) is 0 Å². The highest BCUT2D eigenvalue weighted by Crippen LogP contribution is 2.26. The van der Waals surface area contributed by atoms with Crippen molar-refractivity contribution in [1.82, 2.24) is 0 Å². The Bertz CT molecular complexity index is 544. The average molecular weight is 293 g/mol. The number of carbonyl (C=O) groups excluding carboxylic acids is 1. The van der Waals surface area contributed by atoms with E-state index in [1.54, 1.807) is 0 Å². The van der Waals surface area contributed by atoms with Gasteiger partial charge in [-0.1, -0.05) is 59.6 Å². The van der Waals surface area contributed by atoms with Gasteiger partial charge in [0, 0.05) is 22.0 Å². The van der Waals surface area contributed by atoms with Crippen LogP contribution in [0.1, 0.15) is 28.8 Å². The van der Waals surface area contributed by atoms with Crippen molar-refractivity contribution >= 4 is 29.0 Å². The van der Waals surface area contributed by atoms with Gasteiger partial charge in [-0.15, -0.1) is 0 Å². The second-order valence-electron chi connectivity index (χ2n) is 4.34. The molecule has 0 aliphatic heterocycles. The Morgan fingerprint density at radius 1 is 0.895 bits per heavy atom. The minimum Gasteiger partial charge on any atom is -0.294 e. The smallest absolute Gasteiger partial charge is 0.162 e. The van der Waals surface area contributed by atoms with Crippen molar-refractivity contribution in [2.45, 2.75) is 19.3 Å². The molecular weight excluding hydrogens is 279 g/mol. The maximum absolute atomic E-state index is 11.9. The molecule has 2 rings (SSSR count). The summed E-state index contributed by atoms with van der Waals surface area (Å²) >= 11 is 12.2. The third kappa shape index (κ3) is 3.82. The third-order valence-electron chi connectivity index (χ3n) is 2.99. The Hall–Kier alpha value is -1.31. The van der Waals surface area contributed by atoms with Gasteiger partial charge in [-0.05, 0) is 30.5 Å². The average Bonchev–Trinajstić information content (AvgIpc) is 2.43. The fraction of sp³-hybridized carbons (Fsp3) is 0.188. The Morgan fingerprint density at radius 3 is 2.16 bits per heavy atom. The number of halogens is 2. The van der Waals surface area contributed by atoms with Crippen molar-refractivity contribution in [3.05, 3.63) is 69.7 Å². The normalized spacial score (nSPS) is 10.4. The van der Waals surface area contributed by atoms with E-state index in [0.717, 1.165) is 24.0 Å². The van der Waals surface area contributed by atoms with E-state index in [-0.39, 0.29) is 5.78 Å². The summed E-state index contributed by atoms with van der Waals surface area (Å²) in [5.41, 5.74) is 1.68. The molecule has 98 valence electrons. The van der Waals surface area contributed by atoms with Crippen molar-refractivity contribution in [3.63, 3.8) is 0 Å². The lowest BCUT2D eigenvalue weighted by Crippen LogP contribution is -2.00. The molecule has 0 bridgehead atoms. The zero-order valence-electron chi connectivity index (χ0n) is 10.4. The lowest BCUT2D eigenvalue weighted by atomic mass is 10.0. The Kier molecular flexibility index (Phi) is 5.00. The van der Waals surface area contributed by atoms with Crippen LogP contribution in [-0.4, -0.2) is 5.78 Å². The molecule has 2 aromatic rings. The zero-order valence-corrected chi connectivity index (χ0v) is 11.9. The van der Waals surface area contributed by atoms with Gasteiger partial charge >= 0.3 is 0 Å². The molecule has 0 aromatic heterocycles. The minimum absolute atomic E-state index is 0.156. The van der Waals surface area contributed by atoms with Crippen molar-refractivity contribution < 1.29 is 4.79 Å². The van der Waals surface area contributed by atoms with Gasteiger partial charge in [0.2, 0.25) is 0 Å².